The van der Waals surface area contributed by atoms with Crippen molar-refractivity contribution in [3.05, 3.63) is 75.8 Å². The van der Waals surface area contributed by atoms with E-state index in [4.69, 9.17) is 28.4 Å². The molecule has 3 rings (SSSR count). The maximum Gasteiger partial charge on any atom is 0.311 e. The first-order valence-electron chi connectivity index (χ1n) is 10.6. The van der Waals surface area contributed by atoms with Gasteiger partial charge in [-0.05, 0) is 29.8 Å². The Hall–Kier alpha value is -4.73. The zero-order valence-electron chi connectivity index (χ0n) is 20.4. The normalized spacial score (nSPS) is 10.6. The molecular formula is C26H25NO9. The minimum absolute atomic E-state index is 0.125. The quantitative estimate of drug-likeness (QED) is 0.151. The molecule has 0 bridgehead atoms. The first kappa shape index (κ1) is 25.9. The van der Waals surface area contributed by atoms with Crippen LogP contribution in [0.4, 0.5) is 5.69 Å². The molecule has 0 amide bonds. The van der Waals surface area contributed by atoms with Crippen molar-refractivity contribution in [2.75, 3.05) is 35.5 Å². The molecule has 0 atom stereocenters. The molecule has 0 aliphatic rings. The van der Waals surface area contributed by atoms with E-state index in [1.54, 1.807) is 36.4 Å². The molecule has 0 aromatic heterocycles. The highest BCUT2D eigenvalue weighted by molar-refractivity contribution is 6.08. The van der Waals surface area contributed by atoms with E-state index in [1.807, 2.05) is 0 Å². The minimum Gasteiger partial charge on any atom is -0.497 e. The summed E-state index contributed by atoms with van der Waals surface area (Å²) in [6.07, 6.45) is 2.78. The summed E-state index contributed by atoms with van der Waals surface area (Å²) in [4.78, 5) is 23.8. The Kier molecular flexibility index (Phi) is 8.35. The number of methoxy groups -OCH3 is 5. The van der Waals surface area contributed by atoms with Crippen molar-refractivity contribution < 1.29 is 38.1 Å². The van der Waals surface area contributed by atoms with Crippen LogP contribution in [-0.4, -0.2) is 46.3 Å². The second kappa shape index (κ2) is 11.6. The molecule has 36 heavy (non-hydrogen) atoms. The van der Waals surface area contributed by atoms with Gasteiger partial charge in [0.25, 0.3) is 0 Å². The van der Waals surface area contributed by atoms with Crippen molar-refractivity contribution in [3.8, 4) is 40.2 Å². The number of rotatable bonds is 11. The third-order valence-electron chi connectivity index (χ3n) is 5.15. The van der Waals surface area contributed by atoms with Crippen molar-refractivity contribution in [2.24, 2.45) is 0 Å². The van der Waals surface area contributed by atoms with E-state index in [-0.39, 0.29) is 22.7 Å². The number of carbonyl (C=O) groups excluding carboxylic acids is 1. The van der Waals surface area contributed by atoms with Crippen molar-refractivity contribution >= 4 is 17.5 Å². The number of ether oxygens (including phenoxy) is 6. The van der Waals surface area contributed by atoms with Gasteiger partial charge in [0.15, 0.2) is 23.0 Å². The number of benzene rings is 3. The van der Waals surface area contributed by atoms with Crippen molar-refractivity contribution in [1.82, 2.24) is 0 Å². The highest BCUT2D eigenvalue weighted by Crippen LogP contribution is 2.42. The zero-order chi connectivity index (χ0) is 26.2. The lowest BCUT2D eigenvalue weighted by atomic mass is 10.1. The molecule has 0 radical (unpaired) electrons. The van der Waals surface area contributed by atoms with Gasteiger partial charge in [-0.3, -0.25) is 14.9 Å². The van der Waals surface area contributed by atoms with Gasteiger partial charge in [-0.25, -0.2) is 0 Å². The lowest BCUT2D eigenvalue weighted by molar-refractivity contribution is -0.385. The molecule has 3 aromatic carbocycles. The third kappa shape index (κ3) is 5.66. The summed E-state index contributed by atoms with van der Waals surface area (Å²) in [6.45, 7) is 0. The first-order chi connectivity index (χ1) is 17.3. The molecule has 0 heterocycles. The van der Waals surface area contributed by atoms with E-state index in [0.29, 0.717) is 34.3 Å². The number of hydrogen-bond acceptors (Lipinski definition) is 9. The first-order valence-corrected chi connectivity index (χ1v) is 10.6. The lowest BCUT2D eigenvalue weighted by Crippen LogP contribution is -2.01. The van der Waals surface area contributed by atoms with Crippen molar-refractivity contribution in [2.45, 2.75) is 0 Å². The number of ketones is 1. The predicted octanol–water partition coefficient (Wildman–Crippen LogP) is 5.33. The molecule has 3 aromatic rings. The average Bonchev–Trinajstić information content (AvgIpc) is 2.90. The molecule has 10 heteroatoms. The minimum atomic E-state index is -0.551. The van der Waals surface area contributed by atoms with Crippen LogP contribution in [0.2, 0.25) is 0 Å². The van der Waals surface area contributed by atoms with Crippen LogP contribution in [0.5, 0.6) is 40.2 Å². The molecule has 0 aliphatic carbocycles. The van der Waals surface area contributed by atoms with Gasteiger partial charge in [0.05, 0.1) is 46.0 Å². The van der Waals surface area contributed by atoms with Crippen LogP contribution in [-0.2, 0) is 0 Å². The molecule has 0 fully saturated rings. The van der Waals surface area contributed by atoms with Crippen LogP contribution in [0.3, 0.4) is 0 Å². The Morgan fingerprint density at radius 2 is 1.39 bits per heavy atom. The van der Waals surface area contributed by atoms with Gasteiger partial charge >= 0.3 is 5.69 Å². The summed E-state index contributed by atoms with van der Waals surface area (Å²) in [5.74, 6) is 1.92. The molecule has 0 spiro atoms. The molecule has 0 saturated carbocycles. The SMILES string of the molecule is COc1ccc(C(=O)/C=C/c2ccc(OC)c([N+](=O)[O-])c2)c(Oc2cc(OC)c(OC)c(OC)c2)c1. The maximum absolute atomic E-state index is 13.1. The summed E-state index contributed by atoms with van der Waals surface area (Å²) in [5.41, 5.74) is 0.489. The van der Waals surface area contributed by atoms with Crippen molar-refractivity contribution in [3.63, 3.8) is 0 Å². The third-order valence-corrected chi connectivity index (χ3v) is 5.15. The van der Waals surface area contributed by atoms with Gasteiger partial charge in [-0.1, -0.05) is 12.1 Å². The molecule has 10 nitrogen and oxygen atoms in total. The molecular weight excluding hydrogens is 470 g/mol. The van der Waals surface area contributed by atoms with Crippen LogP contribution in [0.15, 0.2) is 54.6 Å². The number of nitro benzene ring substituents is 1. The summed E-state index contributed by atoms with van der Waals surface area (Å²) < 4.78 is 32.4. The monoisotopic (exact) mass is 495 g/mol. The number of allylic oxidation sites excluding steroid dienone is 1. The molecule has 0 aliphatic heterocycles. The highest BCUT2D eigenvalue weighted by atomic mass is 16.6. The summed E-state index contributed by atoms with van der Waals surface area (Å²) >= 11 is 0. The lowest BCUT2D eigenvalue weighted by Gasteiger charge is -2.16. The Morgan fingerprint density at radius 1 is 0.750 bits per heavy atom. The summed E-state index contributed by atoms with van der Waals surface area (Å²) in [5, 5.41) is 11.3. The van der Waals surface area contributed by atoms with Gasteiger partial charge in [0.1, 0.15) is 17.2 Å². The fourth-order valence-corrected chi connectivity index (χ4v) is 3.38. The van der Waals surface area contributed by atoms with E-state index < -0.39 is 10.7 Å². The van der Waals surface area contributed by atoms with E-state index in [2.05, 4.69) is 0 Å². The van der Waals surface area contributed by atoms with Crippen LogP contribution in [0, 0.1) is 10.1 Å². The van der Waals surface area contributed by atoms with Crippen LogP contribution in [0.25, 0.3) is 6.08 Å². The Bertz CT molecular complexity index is 1280. The smallest absolute Gasteiger partial charge is 0.311 e. The van der Waals surface area contributed by atoms with E-state index in [1.165, 1.54) is 59.8 Å². The number of nitrogens with zero attached hydrogens (tertiary/aromatic N) is 1. The van der Waals surface area contributed by atoms with Gasteiger partial charge in [-0.2, -0.15) is 0 Å². The van der Waals surface area contributed by atoms with Gasteiger partial charge in [0.2, 0.25) is 5.75 Å². The number of nitro groups is 1. The molecule has 0 saturated heterocycles. The second-order valence-corrected chi connectivity index (χ2v) is 7.21. The van der Waals surface area contributed by atoms with E-state index in [0.717, 1.165) is 0 Å². The zero-order valence-corrected chi connectivity index (χ0v) is 20.4. The van der Waals surface area contributed by atoms with Crippen LogP contribution < -0.4 is 28.4 Å². The maximum atomic E-state index is 13.1. The van der Waals surface area contributed by atoms with Gasteiger partial charge in [-0.15, -0.1) is 0 Å². The van der Waals surface area contributed by atoms with E-state index >= 15 is 0 Å². The standard InChI is InChI=1S/C26H25NO9/c1-31-17-8-9-19(21(28)10-6-16-7-11-22(32-2)20(12-16)27(29)30)23(13-17)36-18-14-24(33-3)26(35-5)25(15-18)34-4/h6-15H,1-5H3/b10-6+. The Morgan fingerprint density at radius 3 is 1.94 bits per heavy atom. The van der Waals surface area contributed by atoms with E-state index in [9.17, 15) is 14.9 Å². The Balaban J connectivity index is 1.97. The largest absolute Gasteiger partial charge is 0.497 e. The average molecular weight is 495 g/mol. The summed E-state index contributed by atoms with van der Waals surface area (Å²) in [6, 6.07) is 12.4. The summed E-state index contributed by atoms with van der Waals surface area (Å²) in [7, 11) is 7.30. The Labute approximate surface area is 207 Å². The molecule has 188 valence electrons. The van der Waals surface area contributed by atoms with Crippen LogP contribution >= 0.6 is 0 Å². The topological polar surface area (TPSA) is 116 Å². The highest BCUT2D eigenvalue weighted by Gasteiger charge is 2.18. The van der Waals surface area contributed by atoms with Crippen LogP contribution in [0.1, 0.15) is 15.9 Å². The fraction of sp³-hybridized carbons (Fsp3) is 0.192. The number of hydrogen-bond donors (Lipinski definition) is 0. The predicted molar refractivity (Wildman–Crippen MR) is 132 cm³/mol. The second-order valence-electron chi connectivity index (χ2n) is 7.21. The van der Waals surface area contributed by atoms with Gasteiger partial charge < -0.3 is 28.4 Å². The van der Waals surface area contributed by atoms with Gasteiger partial charge in [0, 0.05) is 24.3 Å². The fourth-order valence-electron chi connectivity index (χ4n) is 3.38. The van der Waals surface area contributed by atoms with Crippen molar-refractivity contribution in [1.29, 1.82) is 0 Å². The molecule has 0 N–H and O–H groups in total. The number of carbonyl (C=O) groups is 1. The molecule has 0 unspecified atom stereocenters.